The van der Waals surface area contributed by atoms with E-state index >= 15 is 0 Å². The molecule has 1 heterocycles. The molecule has 0 aliphatic carbocycles. The van der Waals surface area contributed by atoms with Crippen LogP contribution < -0.4 is 0 Å². The van der Waals surface area contributed by atoms with Crippen molar-refractivity contribution in [1.29, 1.82) is 0 Å². The van der Waals surface area contributed by atoms with Gasteiger partial charge in [0, 0.05) is 11.5 Å². The molecule has 1 aromatic rings. The molecule has 1 aromatic heterocycles. The van der Waals surface area contributed by atoms with Crippen molar-refractivity contribution >= 4 is 23.7 Å². The van der Waals surface area contributed by atoms with E-state index in [0.29, 0.717) is 11.5 Å². The largest absolute Gasteiger partial charge is 0.481 e. The summed E-state index contributed by atoms with van der Waals surface area (Å²) in [6.45, 7) is 1.66. The van der Waals surface area contributed by atoms with Crippen LogP contribution in [0.15, 0.2) is 18.2 Å². The molecule has 1 rings (SSSR count). The third-order valence-corrected chi connectivity index (χ3v) is 3.48. The number of hydrogen-bond donors (Lipinski definition) is 1. The molecule has 6 heteroatoms. The maximum Gasteiger partial charge on any atom is 0.356 e. The predicted octanol–water partition coefficient (Wildman–Crippen LogP) is 1.82. The predicted molar refractivity (Wildman–Crippen MR) is 68.5 cm³/mol. The van der Waals surface area contributed by atoms with Crippen LogP contribution in [0.5, 0.6) is 0 Å². The summed E-state index contributed by atoms with van der Waals surface area (Å²) < 4.78 is 4.58. The van der Waals surface area contributed by atoms with Gasteiger partial charge in [0.1, 0.15) is 5.69 Å². The lowest BCUT2D eigenvalue weighted by Gasteiger charge is -2.06. The van der Waals surface area contributed by atoms with Crippen LogP contribution in [0, 0.1) is 5.92 Å². The van der Waals surface area contributed by atoms with Crippen molar-refractivity contribution in [3.63, 3.8) is 0 Å². The molecule has 0 aromatic carbocycles. The topological polar surface area (TPSA) is 76.5 Å². The Morgan fingerprint density at radius 2 is 2.22 bits per heavy atom. The van der Waals surface area contributed by atoms with Gasteiger partial charge in [-0.1, -0.05) is 13.0 Å². The lowest BCUT2D eigenvalue weighted by molar-refractivity contribution is -0.140. The average molecular weight is 269 g/mol. The van der Waals surface area contributed by atoms with Crippen LogP contribution in [0.4, 0.5) is 0 Å². The van der Waals surface area contributed by atoms with E-state index in [0.717, 1.165) is 5.69 Å². The fraction of sp³-hybridized carbons (Fsp3) is 0.417. The van der Waals surface area contributed by atoms with Gasteiger partial charge in [-0.05, 0) is 12.1 Å². The first kappa shape index (κ1) is 14.5. The second kappa shape index (κ2) is 7.00. The van der Waals surface area contributed by atoms with Crippen molar-refractivity contribution in [1.82, 2.24) is 4.98 Å². The van der Waals surface area contributed by atoms with Gasteiger partial charge in [0.2, 0.25) is 0 Å². The summed E-state index contributed by atoms with van der Waals surface area (Å²) in [4.78, 5) is 26.0. The van der Waals surface area contributed by atoms with Crippen LogP contribution >= 0.6 is 11.8 Å². The molecule has 98 valence electrons. The van der Waals surface area contributed by atoms with Gasteiger partial charge in [0.15, 0.2) is 0 Å². The number of methoxy groups -OCH3 is 1. The number of aliphatic carboxylic acids is 1. The van der Waals surface area contributed by atoms with E-state index in [-0.39, 0.29) is 5.69 Å². The summed E-state index contributed by atoms with van der Waals surface area (Å²) in [7, 11) is 1.31. The van der Waals surface area contributed by atoms with Gasteiger partial charge >= 0.3 is 11.9 Å². The zero-order valence-electron chi connectivity index (χ0n) is 10.3. The quantitative estimate of drug-likeness (QED) is 0.794. The van der Waals surface area contributed by atoms with E-state index in [9.17, 15) is 9.59 Å². The third-order valence-electron chi connectivity index (χ3n) is 2.24. The Balaban J connectivity index is 2.53. The lowest BCUT2D eigenvalue weighted by Crippen LogP contribution is -2.12. The van der Waals surface area contributed by atoms with Gasteiger partial charge < -0.3 is 9.84 Å². The lowest BCUT2D eigenvalue weighted by atomic mass is 10.2. The Morgan fingerprint density at radius 1 is 1.50 bits per heavy atom. The van der Waals surface area contributed by atoms with Crippen molar-refractivity contribution in [2.24, 2.45) is 5.92 Å². The molecule has 18 heavy (non-hydrogen) atoms. The van der Waals surface area contributed by atoms with Crippen LogP contribution in [0.25, 0.3) is 0 Å². The second-order valence-electron chi connectivity index (χ2n) is 3.76. The minimum Gasteiger partial charge on any atom is -0.481 e. The molecular formula is C12H15NO4S. The number of nitrogens with zero attached hydrogens (tertiary/aromatic N) is 1. The number of carboxylic acids is 1. The first-order valence-corrected chi connectivity index (χ1v) is 6.55. The molecule has 0 aliphatic heterocycles. The zero-order chi connectivity index (χ0) is 13.5. The van der Waals surface area contributed by atoms with Gasteiger partial charge in [-0.15, -0.1) is 0 Å². The van der Waals surface area contributed by atoms with Crippen molar-refractivity contribution in [2.45, 2.75) is 12.7 Å². The number of pyridine rings is 1. The number of carbonyl (C=O) groups excluding carboxylic acids is 1. The summed E-state index contributed by atoms with van der Waals surface area (Å²) in [6.07, 6.45) is 0. The fourth-order valence-corrected chi connectivity index (χ4v) is 2.17. The number of thioether (sulfide) groups is 1. The highest BCUT2D eigenvalue weighted by Gasteiger charge is 2.11. The molecule has 0 fully saturated rings. The number of ether oxygens (including phenoxy) is 1. The van der Waals surface area contributed by atoms with E-state index < -0.39 is 17.9 Å². The molecule has 0 saturated carbocycles. The molecule has 0 bridgehead atoms. The SMILES string of the molecule is COC(=O)c1cccc(CSCC(C)C(=O)O)n1. The molecule has 0 radical (unpaired) electrons. The number of aromatic nitrogens is 1. The first-order chi connectivity index (χ1) is 8.54. The van der Waals surface area contributed by atoms with Crippen molar-refractivity contribution in [2.75, 3.05) is 12.9 Å². The highest BCUT2D eigenvalue weighted by Crippen LogP contribution is 2.14. The monoisotopic (exact) mass is 269 g/mol. The summed E-state index contributed by atoms with van der Waals surface area (Å²) >= 11 is 1.48. The van der Waals surface area contributed by atoms with Crippen molar-refractivity contribution < 1.29 is 19.4 Å². The minimum absolute atomic E-state index is 0.266. The van der Waals surface area contributed by atoms with Gasteiger partial charge in [-0.3, -0.25) is 4.79 Å². The highest BCUT2D eigenvalue weighted by atomic mass is 32.2. The van der Waals surface area contributed by atoms with Crippen LogP contribution in [0.2, 0.25) is 0 Å². The Morgan fingerprint density at radius 3 is 2.83 bits per heavy atom. The number of rotatable bonds is 6. The van der Waals surface area contributed by atoms with Crippen molar-refractivity contribution in [3.05, 3.63) is 29.6 Å². The number of carbonyl (C=O) groups is 2. The summed E-state index contributed by atoms with van der Waals surface area (Å²) in [5, 5.41) is 8.74. The number of hydrogen-bond acceptors (Lipinski definition) is 5. The normalized spacial score (nSPS) is 11.9. The second-order valence-corrected chi connectivity index (χ2v) is 4.79. The van der Waals surface area contributed by atoms with Gasteiger partial charge in [0.25, 0.3) is 0 Å². The molecule has 0 amide bonds. The maximum absolute atomic E-state index is 11.3. The zero-order valence-corrected chi connectivity index (χ0v) is 11.1. The first-order valence-electron chi connectivity index (χ1n) is 5.39. The Kier molecular flexibility index (Phi) is 5.64. The molecule has 0 aliphatic rings. The number of esters is 1. The smallest absolute Gasteiger partial charge is 0.356 e. The van der Waals surface area contributed by atoms with Crippen LogP contribution in [-0.2, 0) is 15.3 Å². The molecule has 1 N–H and O–H groups in total. The van der Waals surface area contributed by atoms with Crippen LogP contribution in [0.1, 0.15) is 23.1 Å². The van der Waals surface area contributed by atoms with Crippen molar-refractivity contribution in [3.8, 4) is 0 Å². The summed E-state index contributed by atoms with van der Waals surface area (Å²) in [6, 6.07) is 5.11. The van der Waals surface area contributed by atoms with Gasteiger partial charge in [0.05, 0.1) is 18.7 Å². The minimum atomic E-state index is -0.807. The van der Waals surface area contributed by atoms with E-state index in [1.54, 1.807) is 25.1 Å². The average Bonchev–Trinajstić information content (AvgIpc) is 2.37. The Labute approximate surface area is 110 Å². The van der Waals surface area contributed by atoms with Crippen LogP contribution in [-0.4, -0.2) is 34.9 Å². The molecule has 5 nitrogen and oxygen atoms in total. The third kappa shape index (κ3) is 4.37. The van der Waals surface area contributed by atoms with E-state index in [1.165, 1.54) is 18.9 Å². The highest BCUT2D eigenvalue weighted by molar-refractivity contribution is 7.98. The molecule has 1 atom stereocenters. The van der Waals surface area contributed by atoms with E-state index in [1.807, 2.05) is 0 Å². The molecule has 0 saturated heterocycles. The maximum atomic E-state index is 11.3. The molecule has 1 unspecified atom stereocenters. The standard InChI is InChI=1S/C12H15NO4S/c1-8(11(14)15)6-18-7-9-4-3-5-10(13-9)12(16)17-2/h3-5,8H,6-7H2,1-2H3,(H,14,15). The van der Waals surface area contributed by atoms with Gasteiger partial charge in [-0.2, -0.15) is 11.8 Å². The molecular weight excluding hydrogens is 254 g/mol. The molecule has 0 spiro atoms. The summed E-state index contributed by atoms with van der Waals surface area (Å²) in [5.74, 6) is -0.583. The summed E-state index contributed by atoms with van der Waals surface area (Å²) in [5.41, 5.74) is 1.00. The van der Waals surface area contributed by atoms with E-state index in [4.69, 9.17) is 5.11 Å². The fourth-order valence-electron chi connectivity index (χ4n) is 1.19. The number of carboxylic acid groups (broad SMARTS) is 1. The Hall–Kier alpha value is -1.56. The van der Waals surface area contributed by atoms with E-state index in [2.05, 4.69) is 9.72 Å². The Bertz CT molecular complexity index is 436. The van der Waals surface area contributed by atoms with Gasteiger partial charge in [-0.25, -0.2) is 9.78 Å². The van der Waals surface area contributed by atoms with Crippen LogP contribution in [0.3, 0.4) is 0 Å².